The van der Waals surface area contributed by atoms with Gasteiger partial charge in [-0.25, -0.2) is 4.79 Å². The molecule has 0 fully saturated rings. The van der Waals surface area contributed by atoms with Crippen LogP contribution >= 0.6 is 11.6 Å². The summed E-state index contributed by atoms with van der Waals surface area (Å²) in [4.78, 5) is 24.7. The highest BCUT2D eigenvalue weighted by Crippen LogP contribution is 2.25. The molecule has 3 N–H and O–H groups in total. The first-order valence-corrected chi connectivity index (χ1v) is 4.65. The largest absolute Gasteiger partial charge is 0.506 e. The molecule has 0 bridgehead atoms. The smallest absolute Gasteiger partial charge is 0.352 e. The number of fused-ring (bicyclic) bond motifs is 1. The van der Waals surface area contributed by atoms with Crippen LogP contribution in [0.1, 0.15) is 10.5 Å². The molecule has 0 aliphatic heterocycles. The highest BCUT2D eigenvalue weighted by Gasteiger charge is 2.11. The van der Waals surface area contributed by atoms with E-state index in [-0.39, 0.29) is 27.4 Å². The topological polar surface area (TPSA) is 90.4 Å². The van der Waals surface area contributed by atoms with Crippen LogP contribution in [-0.2, 0) is 0 Å². The second-order valence-corrected chi connectivity index (χ2v) is 3.64. The zero-order valence-electron chi connectivity index (χ0n) is 7.82. The molecule has 1 heterocycles. The van der Waals surface area contributed by atoms with E-state index in [1.54, 1.807) is 0 Å². The van der Waals surface area contributed by atoms with Gasteiger partial charge in [0.05, 0.1) is 10.9 Å². The first kappa shape index (κ1) is 10.5. The van der Waals surface area contributed by atoms with Crippen molar-refractivity contribution in [2.75, 3.05) is 0 Å². The number of aromatic amines is 1. The van der Waals surface area contributed by atoms with Gasteiger partial charge < -0.3 is 15.2 Å². The van der Waals surface area contributed by atoms with Crippen LogP contribution in [0.25, 0.3) is 10.9 Å². The van der Waals surface area contributed by atoms with Gasteiger partial charge in [0.15, 0.2) is 5.43 Å². The molecule has 0 aliphatic rings. The van der Waals surface area contributed by atoms with E-state index in [0.717, 1.165) is 6.07 Å². The number of carboxylic acids is 1. The Morgan fingerprint density at radius 1 is 1.31 bits per heavy atom. The first-order chi connectivity index (χ1) is 7.49. The molecule has 0 radical (unpaired) electrons. The number of pyridine rings is 1. The number of phenols is 1. The van der Waals surface area contributed by atoms with Crippen molar-refractivity contribution in [2.24, 2.45) is 0 Å². The number of aromatic carboxylic acids is 1. The molecule has 0 atom stereocenters. The molecule has 0 unspecified atom stereocenters. The second kappa shape index (κ2) is 3.53. The Labute approximate surface area is 93.9 Å². The third kappa shape index (κ3) is 1.61. The van der Waals surface area contributed by atoms with Gasteiger partial charge in [0.1, 0.15) is 11.4 Å². The molecule has 0 amide bonds. The van der Waals surface area contributed by atoms with Gasteiger partial charge in [0.2, 0.25) is 0 Å². The van der Waals surface area contributed by atoms with Gasteiger partial charge >= 0.3 is 5.97 Å². The van der Waals surface area contributed by atoms with Crippen molar-refractivity contribution < 1.29 is 15.0 Å². The molecule has 6 heteroatoms. The Hall–Kier alpha value is -2.01. The number of rotatable bonds is 1. The number of H-pyrrole nitrogens is 1. The molecular weight excluding hydrogens is 234 g/mol. The lowest BCUT2D eigenvalue weighted by molar-refractivity contribution is 0.0691. The molecular formula is C10H6ClNO4. The molecule has 2 aromatic rings. The van der Waals surface area contributed by atoms with Gasteiger partial charge in [-0.2, -0.15) is 0 Å². The fraction of sp³-hybridized carbons (Fsp3) is 0. The van der Waals surface area contributed by atoms with E-state index in [2.05, 4.69) is 4.98 Å². The number of hydrogen-bond donors (Lipinski definition) is 3. The van der Waals surface area contributed by atoms with Crippen molar-refractivity contribution in [1.29, 1.82) is 0 Å². The lowest BCUT2D eigenvalue weighted by Crippen LogP contribution is -2.09. The Morgan fingerprint density at radius 3 is 2.62 bits per heavy atom. The van der Waals surface area contributed by atoms with Crippen LogP contribution in [0.2, 0.25) is 5.02 Å². The van der Waals surface area contributed by atoms with Gasteiger partial charge in [0.25, 0.3) is 0 Å². The first-order valence-electron chi connectivity index (χ1n) is 4.28. The van der Waals surface area contributed by atoms with Crippen LogP contribution < -0.4 is 5.43 Å². The Balaban J connectivity index is 2.93. The number of nitrogens with one attached hydrogen (secondary N) is 1. The number of carbonyl (C=O) groups is 1. The van der Waals surface area contributed by atoms with Gasteiger partial charge in [-0.3, -0.25) is 4.79 Å². The van der Waals surface area contributed by atoms with Crippen LogP contribution in [0.4, 0.5) is 0 Å². The number of aromatic nitrogens is 1. The zero-order chi connectivity index (χ0) is 11.9. The predicted molar refractivity (Wildman–Crippen MR) is 58.2 cm³/mol. The summed E-state index contributed by atoms with van der Waals surface area (Å²) < 4.78 is 0. The average Bonchev–Trinajstić information content (AvgIpc) is 2.19. The van der Waals surface area contributed by atoms with Gasteiger partial charge in [-0.15, -0.1) is 0 Å². The fourth-order valence-corrected chi connectivity index (χ4v) is 1.63. The van der Waals surface area contributed by atoms with Gasteiger partial charge in [-0.05, 0) is 6.07 Å². The monoisotopic (exact) mass is 239 g/mol. The SMILES string of the molecule is O=C(O)c1cc(=O)c2cc(Cl)cc(O)c2[nH]1. The Morgan fingerprint density at radius 2 is 2.00 bits per heavy atom. The van der Waals surface area contributed by atoms with Crippen molar-refractivity contribution in [3.05, 3.63) is 39.1 Å². The summed E-state index contributed by atoms with van der Waals surface area (Å²) in [5, 5.41) is 18.6. The highest BCUT2D eigenvalue weighted by atomic mass is 35.5. The number of halogens is 1. The molecule has 0 saturated carbocycles. The van der Waals surface area contributed by atoms with Crippen LogP contribution in [0.3, 0.4) is 0 Å². The highest BCUT2D eigenvalue weighted by molar-refractivity contribution is 6.31. The summed E-state index contributed by atoms with van der Waals surface area (Å²) >= 11 is 5.67. The summed E-state index contributed by atoms with van der Waals surface area (Å²) in [6, 6.07) is 3.53. The van der Waals surface area contributed by atoms with E-state index in [1.807, 2.05) is 0 Å². The summed E-state index contributed by atoms with van der Waals surface area (Å²) in [5.41, 5.74) is -0.728. The Kier molecular flexibility index (Phi) is 2.32. The summed E-state index contributed by atoms with van der Waals surface area (Å²) in [6.45, 7) is 0. The van der Waals surface area contributed by atoms with Crippen LogP contribution in [0, 0.1) is 0 Å². The predicted octanol–water partition coefficient (Wildman–Crippen LogP) is 1.59. The summed E-state index contributed by atoms with van der Waals surface area (Å²) in [5.74, 6) is -1.53. The van der Waals surface area contributed by atoms with E-state index < -0.39 is 11.4 Å². The standard InChI is InChI=1S/C10H6ClNO4/c11-4-1-5-7(13)3-6(10(15)16)12-9(5)8(14)2-4/h1-3,14H,(H,12,13)(H,15,16). The van der Waals surface area contributed by atoms with E-state index in [9.17, 15) is 14.7 Å². The van der Waals surface area contributed by atoms with Crippen molar-refractivity contribution >= 4 is 28.5 Å². The quantitative estimate of drug-likeness (QED) is 0.705. The van der Waals surface area contributed by atoms with Crippen molar-refractivity contribution in [2.45, 2.75) is 0 Å². The normalized spacial score (nSPS) is 10.6. The minimum Gasteiger partial charge on any atom is -0.506 e. The minimum atomic E-state index is -1.27. The maximum Gasteiger partial charge on any atom is 0.352 e. The lowest BCUT2D eigenvalue weighted by atomic mass is 10.2. The van der Waals surface area contributed by atoms with E-state index in [1.165, 1.54) is 12.1 Å². The number of benzene rings is 1. The molecule has 1 aromatic heterocycles. The van der Waals surface area contributed by atoms with Crippen LogP contribution in [0.5, 0.6) is 5.75 Å². The number of hydrogen-bond acceptors (Lipinski definition) is 3. The van der Waals surface area contributed by atoms with Gasteiger partial charge in [0, 0.05) is 17.2 Å². The number of phenolic OH excluding ortho intramolecular Hbond substituents is 1. The third-order valence-electron chi connectivity index (χ3n) is 2.11. The molecule has 82 valence electrons. The molecule has 1 aromatic carbocycles. The van der Waals surface area contributed by atoms with E-state index in [4.69, 9.17) is 16.7 Å². The molecule has 0 spiro atoms. The maximum absolute atomic E-state index is 11.6. The number of aromatic hydroxyl groups is 1. The fourth-order valence-electron chi connectivity index (χ4n) is 1.41. The van der Waals surface area contributed by atoms with Gasteiger partial charge in [-0.1, -0.05) is 11.6 Å². The number of carboxylic acid groups (broad SMARTS) is 1. The average molecular weight is 240 g/mol. The van der Waals surface area contributed by atoms with E-state index in [0.29, 0.717) is 0 Å². The van der Waals surface area contributed by atoms with Crippen LogP contribution in [-0.4, -0.2) is 21.2 Å². The summed E-state index contributed by atoms with van der Waals surface area (Å²) in [6.07, 6.45) is 0. The summed E-state index contributed by atoms with van der Waals surface area (Å²) in [7, 11) is 0. The van der Waals surface area contributed by atoms with Crippen LogP contribution in [0.15, 0.2) is 23.0 Å². The minimum absolute atomic E-state index is 0.0642. The molecule has 16 heavy (non-hydrogen) atoms. The molecule has 5 nitrogen and oxygen atoms in total. The van der Waals surface area contributed by atoms with Crippen molar-refractivity contribution in [1.82, 2.24) is 4.98 Å². The van der Waals surface area contributed by atoms with Crippen molar-refractivity contribution in [3.63, 3.8) is 0 Å². The van der Waals surface area contributed by atoms with Crippen molar-refractivity contribution in [3.8, 4) is 5.75 Å². The van der Waals surface area contributed by atoms with E-state index >= 15 is 0 Å². The zero-order valence-corrected chi connectivity index (χ0v) is 8.58. The third-order valence-corrected chi connectivity index (χ3v) is 2.33. The molecule has 0 saturated heterocycles. The second-order valence-electron chi connectivity index (χ2n) is 3.20. The maximum atomic E-state index is 11.6. The molecule has 0 aliphatic carbocycles. The lowest BCUT2D eigenvalue weighted by Gasteiger charge is -2.03. The molecule has 2 rings (SSSR count). The Bertz CT molecular complexity index is 647.